The van der Waals surface area contributed by atoms with Gasteiger partial charge in [0.15, 0.2) is 0 Å². The SMILES string of the molecule is CCOC(=O)[C@@H](CC(C)=O)Cc1ccc(O)cc1. The van der Waals surface area contributed by atoms with Crippen molar-refractivity contribution in [2.45, 2.75) is 26.7 Å². The number of esters is 1. The van der Waals surface area contributed by atoms with E-state index in [1.54, 1.807) is 31.2 Å². The maximum Gasteiger partial charge on any atom is 0.309 e. The summed E-state index contributed by atoms with van der Waals surface area (Å²) in [4.78, 5) is 22.9. The minimum Gasteiger partial charge on any atom is -0.508 e. The third-order valence-electron chi connectivity index (χ3n) is 2.57. The van der Waals surface area contributed by atoms with Crippen molar-refractivity contribution >= 4 is 11.8 Å². The van der Waals surface area contributed by atoms with Crippen molar-refractivity contribution in [2.24, 2.45) is 5.92 Å². The second-order valence-corrected chi connectivity index (χ2v) is 4.23. The van der Waals surface area contributed by atoms with Gasteiger partial charge in [0.25, 0.3) is 0 Å². The number of benzene rings is 1. The predicted octanol–water partition coefficient (Wildman–Crippen LogP) is 2.09. The maximum atomic E-state index is 11.7. The fraction of sp³-hybridized carbons (Fsp3) is 0.429. The van der Waals surface area contributed by atoms with Gasteiger partial charge < -0.3 is 14.6 Å². The van der Waals surface area contributed by atoms with Crippen LogP contribution in [-0.4, -0.2) is 23.5 Å². The Morgan fingerprint density at radius 3 is 2.39 bits per heavy atom. The summed E-state index contributed by atoms with van der Waals surface area (Å²) in [5, 5.41) is 9.18. The smallest absolute Gasteiger partial charge is 0.309 e. The lowest BCUT2D eigenvalue weighted by atomic mass is 9.94. The molecule has 1 aromatic carbocycles. The molecule has 0 amide bonds. The Labute approximate surface area is 107 Å². The van der Waals surface area contributed by atoms with Gasteiger partial charge in [0.2, 0.25) is 0 Å². The normalized spacial score (nSPS) is 11.9. The molecule has 98 valence electrons. The number of ether oxygens (including phenoxy) is 1. The van der Waals surface area contributed by atoms with Gasteiger partial charge in [-0.25, -0.2) is 0 Å². The number of carbonyl (C=O) groups is 2. The average molecular weight is 250 g/mol. The van der Waals surface area contributed by atoms with Crippen molar-refractivity contribution in [3.63, 3.8) is 0 Å². The molecule has 0 aromatic heterocycles. The first kappa shape index (κ1) is 14.2. The van der Waals surface area contributed by atoms with Crippen LogP contribution < -0.4 is 0 Å². The van der Waals surface area contributed by atoms with Gasteiger partial charge in [0.05, 0.1) is 12.5 Å². The first-order chi connectivity index (χ1) is 8.52. The zero-order valence-corrected chi connectivity index (χ0v) is 10.7. The molecule has 0 aliphatic rings. The quantitative estimate of drug-likeness (QED) is 0.785. The van der Waals surface area contributed by atoms with Crippen LogP contribution in [0.15, 0.2) is 24.3 Å². The van der Waals surface area contributed by atoms with Gasteiger partial charge in [-0.1, -0.05) is 12.1 Å². The molecule has 4 nitrogen and oxygen atoms in total. The summed E-state index contributed by atoms with van der Waals surface area (Å²) in [5.74, 6) is -0.655. The minimum atomic E-state index is -0.452. The number of ketones is 1. The highest BCUT2D eigenvalue weighted by molar-refractivity contribution is 5.83. The maximum absolute atomic E-state index is 11.7. The molecule has 0 unspecified atom stereocenters. The molecule has 0 saturated heterocycles. The molecule has 1 N–H and O–H groups in total. The summed E-state index contributed by atoms with van der Waals surface area (Å²) in [5.41, 5.74) is 0.895. The van der Waals surface area contributed by atoms with Crippen LogP contribution in [0.3, 0.4) is 0 Å². The van der Waals surface area contributed by atoms with Crippen molar-refractivity contribution in [1.29, 1.82) is 0 Å². The van der Waals surface area contributed by atoms with Crippen LogP contribution in [0.1, 0.15) is 25.8 Å². The molecule has 0 bridgehead atoms. The van der Waals surface area contributed by atoms with E-state index in [-0.39, 0.29) is 23.9 Å². The summed E-state index contributed by atoms with van der Waals surface area (Å²) in [6.07, 6.45) is 0.623. The Morgan fingerprint density at radius 1 is 1.28 bits per heavy atom. The second kappa shape index (κ2) is 6.79. The summed E-state index contributed by atoms with van der Waals surface area (Å²) >= 11 is 0. The molecule has 0 spiro atoms. The predicted molar refractivity (Wildman–Crippen MR) is 67.2 cm³/mol. The number of carbonyl (C=O) groups excluding carboxylic acids is 2. The number of phenols is 1. The van der Waals surface area contributed by atoms with Crippen molar-refractivity contribution < 1.29 is 19.4 Å². The van der Waals surface area contributed by atoms with Crippen molar-refractivity contribution in [3.05, 3.63) is 29.8 Å². The summed E-state index contributed by atoms with van der Waals surface area (Å²) < 4.78 is 4.96. The van der Waals surface area contributed by atoms with Crippen molar-refractivity contribution in [3.8, 4) is 5.75 Å². The lowest BCUT2D eigenvalue weighted by molar-refractivity contribution is -0.149. The number of rotatable bonds is 6. The van der Waals surface area contributed by atoms with Gasteiger partial charge in [0, 0.05) is 6.42 Å². The Bertz CT molecular complexity index is 408. The molecule has 0 fully saturated rings. The number of hydrogen-bond donors (Lipinski definition) is 1. The molecule has 0 aliphatic carbocycles. The topological polar surface area (TPSA) is 63.6 Å². The highest BCUT2D eigenvalue weighted by Crippen LogP contribution is 2.17. The lowest BCUT2D eigenvalue weighted by Crippen LogP contribution is -2.22. The van der Waals surface area contributed by atoms with Gasteiger partial charge in [-0.3, -0.25) is 4.79 Å². The van der Waals surface area contributed by atoms with E-state index in [1.165, 1.54) is 6.92 Å². The summed E-state index contributed by atoms with van der Waals surface area (Å²) in [6, 6.07) is 6.60. The number of Topliss-reactive ketones (excluding diaryl/α,β-unsaturated/α-hetero) is 1. The molecule has 0 heterocycles. The Balaban J connectivity index is 2.74. The highest BCUT2D eigenvalue weighted by Gasteiger charge is 2.21. The Kier molecular flexibility index (Phi) is 5.36. The molecular formula is C14H18O4. The van der Waals surface area contributed by atoms with E-state index < -0.39 is 5.92 Å². The van der Waals surface area contributed by atoms with E-state index in [0.29, 0.717) is 13.0 Å². The zero-order valence-electron chi connectivity index (χ0n) is 10.7. The second-order valence-electron chi connectivity index (χ2n) is 4.23. The van der Waals surface area contributed by atoms with Crippen LogP contribution >= 0.6 is 0 Å². The standard InChI is InChI=1S/C14H18O4/c1-3-18-14(17)12(8-10(2)15)9-11-4-6-13(16)7-5-11/h4-7,12,16H,3,8-9H2,1-2H3/t12-/m0/s1. The molecule has 0 aliphatic heterocycles. The highest BCUT2D eigenvalue weighted by atomic mass is 16.5. The van der Waals surface area contributed by atoms with Gasteiger partial charge in [-0.2, -0.15) is 0 Å². The molecule has 0 radical (unpaired) electrons. The third-order valence-corrected chi connectivity index (χ3v) is 2.57. The van der Waals surface area contributed by atoms with Gasteiger partial charge in [-0.05, 0) is 38.0 Å². The van der Waals surface area contributed by atoms with E-state index in [0.717, 1.165) is 5.56 Å². The van der Waals surface area contributed by atoms with Gasteiger partial charge in [0.1, 0.15) is 11.5 Å². The van der Waals surface area contributed by atoms with E-state index >= 15 is 0 Å². The summed E-state index contributed by atoms with van der Waals surface area (Å²) in [6.45, 7) is 3.51. The van der Waals surface area contributed by atoms with Crippen LogP contribution in [0.4, 0.5) is 0 Å². The van der Waals surface area contributed by atoms with E-state index in [9.17, 15) is 14.7 Å². The Hall–Kier alpha value is -1.84. The minimum absolute atomic E-state index is 0.0353. The zero-order chi connectivity index (χ0) is 13.5. The van der Waals surface area contributed by atoms with Crippen LogP contribution in [-0.2, 0) is 20.7 Å². The molecule has 1 rings (SSSR count). The van der Waals surface area contributed by atoms with Crippen LogP contribution in [0.5, 0.6) is 5.75 Å². The van der Waals surface area contributed by atoms with Gasteiger partial charge >= 0.3 is 5.97 Å². The van der Waals surface area contributed by atoms with Crippen LogP contribution in [0, 0.1) is 5.92 Å². The third kappa shape index (κ3) is 4.57. The first-order valence-corrected chi connectivity index (χ1v) is 5.97. The van der Waals surface area contributed by atoms with E-state index in [2.05, 4.69) is 0 Å². The van der Waals surface area contributed by atoms with Crippen LogP contribution in [0.2, 0.25) is 0 Å². The van der Waals surface area contributed by atoms with E-state index in [4.69, 9.17) is 4.74 Å². The first-order valence-electron chi connectivity index (χ1n) is 5.97. The van der Waals surface area contributed by atoms with Gasteiger partial charge in [-0.15, -0.1) is 0 Å². The average Bonchev–Trinajstić information content (AvgIpc) is 2.31. The fourth-order valence-electron chi connectivity index (χ4n) is 1.76. The number of aromatic hydroxyl groups is 1. The molecule has 0 saturated carbocycles. The molecule has 1 atom stereocenters. The Morgan fingerprint density at radius 2 is 1.89 bits per heavy atom. The fourth-order valence-corrected chi connectivity index (χ4v) is 1.76. The molecule has 1 aromatic rings. The van der Waals surface area contributed by atoms with Crippen molar-refractivity contribution in [2.75, 3.05) is 6.61 Å². The molecular weight excluding hydrogens is 232 g/mol. The lowest BCUT2D eigenvalue weighted by Gasteiger charge is -2.14. The number of hydrogen-bond acceptors (Lipinski definition) is 4. The molecule has 4 heteroatoms. The van der Waals surface area contributed by atoms with Crippen LogP contribution in [0.25, 0.3) is 0 Å². The largest absolute Gasteiger partial charge is 0.508 e. The summed E-state index contributed by atoms with van der Waals surface area (Å²) in [7, 11) is 0. The monoisotopic (exact) mass is 250 g/mol. The number of phenolic OH excluding ortho intramolecular Hbond substituents is 1. The van der Waals surface area contributed by atoms with Crippen molar-refractivity contribution in [1.82, 2.24) is 0 Å². The van der Waals surface area contributed by atoms with E-state index in [1.807, 2.05) is 0 Å². The molecule has 18 heavy (non-hydrogen) atoms.